The number of nitrogens with zero attached hydrogens (tertiary/aromatic N) is 1. The molecule has 0 spiro atoms. The summed E-state index contributed by atoms with van der Waals surface area (Å²) >= 11 is 0. The van der Waals surface area contributed by atoms with Crippen molar-refractivity contribution in [3.05, 3.63) is 78.2 Å². The van der Waals surface area contributed by atoms with E-state index in [0.29, 0.717) is 22.1 Å². The third-order valence-corrected chi connectivity index (χ3v) is 4.70. The van der Waals surface area contributed by atoms with E-state index in [4.69, 9.17) is 0 Å². The quantitative estimate of drug-likeness (QED) is 0.454. The van der Waals surface area contributed by atoms with Gasteiger partial charge in [-0.1, -0.05) is 36.4 Å². The molecule has 0 saturated heterocycles. The van der Waals surface area contributed by atoms with Gasteiger partial charge in [0.05, 0.1) is 5.52 Å². The zero-order valence-corrected chi connectivity index (χ0v) is 14.8. The Morgan fingerprint density at radius 2 is 1.38 bits per heavy atom. The Balaban J connectivity index is 2.06. The van der Waals surface area contributed by atoms with E-state index in [-0.39, 0.29) is 16.8 Å². The van der Waals surface area contributed by atoms with Crippen LogP contribution < -0.4 is 0 Å². The van der Waals surface area contributed by atoms with Crippen LogP contribution in [-0.2, 0) is 0 Å². The maximum absolute atomic E-state index is 13.2. The van der Waals surface area contributed by atoms with Gasteiger partial charge in [-0.15, -0.1) is 0 Å². The molecule has 0 bridgehead atoms. The number of phenols is 1. The monoisotopic (exact) mass is 391 g/mol. The fraction of sp³-hybridized carbons (Fsp3) is 0. The third kappa shape index (κ3) is 3.08. The number of aromatic hydroxyl groups is 1. The Bertz CT molecular complexity index is 1260. The lowest BCUT2D eigenvalue weighted by Gasteiger charge is -2.04. The molecule has 0 unspecified atom stereocenters. The van der Waals surface area contributed by atoms with E-state index < -0.39 is 23.6 Å². The van der Waals surface area contributed by atoms with Crippen molar-refractivity contribution in [2.75, 3.05) is 0 Å². The molecule has 4 aromatic rings. The zero-order valence-electron chi connectivity index (χ0n) is 14.8. The summed E-state index contributed by atoms with van der Waals surface area (Å²) < 4.78 is 14.0. The van der Waals surface area contributed by atoms with E-state index in [1.807, 2.05) is 0 Å². The standard InChI is InChI=1S/C22H14FNO5/c23-15-6-1-12(2-7-15)14-5-10-17-18(11-14)24(22(28)29)20(21(26)27)19(17)13-3-8-16(25)9-4-13/h1-11,25H,(H,26,27)(H,28,29). The van der Waals surface area contributed by atoms with Crippen molar-refractivity contribution in [2.45, 2.75) is 0 Å². The molecule has 3 N–H and O–H groups in total. The van der Waals surface area contributed by atoms with Crippen molar-refractivity contribution in [1.29, 1.82) is 0 Å². The van der Waals surface area contributed by atoms with Gasteiger partial charge in [0.15, 0.2) is 0 Å². The molecule has 0 aliphatic rings. The molecule has 144 valence electrons. The van der Waals surface area contributed by atoms with E-state index in [9.17, 15) is 29.3 Å². The van der Waals surface area contributed by atoms with E-state index >= 15 is 0 Å². The predicted molar refractivity (Wildman–Crippen MR) is 105 cm³/mol. The van der Waals surface area contributed by atoms with Crippen LogP contribution in [-0.4, -0.2) is 31.9 Å². The van der Waals surface area contributed by atoms with E-state index in [1.165, 1.54) is 36.4 Å². The number of hydrogen-bond acceptors (Lipinski definition) is 3. The SMILES string of the molecule is O=C(O)c1c(-c2ccc(O)cc2)c2ccc(-c3ccc(F)cc3)cc2n1C(=O)O. The van der Waals surface area contributed by atoms with Crippen molar-refractivity contribution in [2.24, 2.45) is 0 Å². The van der Waals surface area contributed by atoms with Crippen molar-refractivity contribution in [3.63, 3.8) is 0 Å². The van der Waals surface area contributed by atoms with Crippen LogP contribution in [0, 0.1) is 5.82 Å². The molecule has 0 aliphatic heterocycles. The Morgan fingerprint density at radius 3 is 1.97 bits per heavy atom. The molecule has 1 aromatic heterocycles. The number of hydrogen-bond donors (Lipinski definition) is 3. The maximum atomic E-state index is 13.2. The normalized spacial score (nSPS) is 10.9. The number of fused-ring (bicyclic) bond motifs is 1. The number of rotatable bonds is 3. The zero-order chi connectivity index (χ0) is 20.7. The van der Waals surface area contributed by atoms with E-state index in [0.717, 1.165) is 4.57 Å². The minimum atomic E-state index is -1.44. The molecule has 0 fully saturated rings. The fourth-order valence-electron chi connectivity index (χ4n) is 3.43. The van der Waals surface area contributed by atoms with Crippen molar-refractivity contribution in [1.82, 2.24) is 4.57 Å². The van der Waals surface area contributed by atoms with Crippen molar-refractivity contribution < 1.29 is 29.3 Å². The van der Waals surface area contributed by atoms with Crippen LogP contribution >= 0.6 is 0 Å². The Kier molecular flexibility index (Phi) is 4.27. The third-order valence-electron chi connectivity index (χ3n) is 4.70. The van der Waals surface area contributed by atoms with Gasteiger partial charge in [0.25, 0.3) is 0 Å². The average molecular weight is 391 g/mol. The second kappa shape index (κ2) is 6.79. The molecule has 0 atom stereocenters. The highest BCUT2D eigenvalue weighted by molar-refractivity contribution is 6.12. The number of aromatic nitrogens is 1. The molecule has 7 heteroatoms. The van der Waals surface area contributed by atoms with E-state index in [2.05, 4.69) is 0 Å². The first kappa shape index (κ1) is 18.2. The Labute approximate surface area is 163 Å². The minimum absolute atomic E-state index is 0.00574. The average Bonchev–Trinajstić information content (AvgIpc) is 3.04. The number of aromatic carboxylic acids is 1. The fourth-order valence-corrected chi connectivity index (χ4v) is 3.43. The summed E-state index contributed by atoms with van der Waals surface area (Å²) in [5.74, 6) is -1.78. The minimum Gasteiger partial charge on any atom is -0.508 e. The molecular formula is C22H14FNO5. The predicted octanol–water partition coefficient (Wildman–Crippen LogP) is 5.04. The summed E-state index contributed by atoms with van der Waals surface area (Å²) in [7, 11) is 0. The Hall–Kier alpha value is -4.13. The topological polar surface area (TPSA) is 99.8 Å². The van der Waals surface area contributed by atoms with Crippen LogP contribution in [0.15, 0.2) is 66.7 Å². The number of carboxylic acid groups (broad SMARTS) is 2. The lowest BCUT2D eigenvalue weighted by atomic mass is 9.99. The molecule has 29 heavy (non-hydrogen) atoms. The summed E-state index contributed by atoms with van der Waals surface area (Å²) in [6.45, 7) is 0. The van der Waals surface area contributed by atoms with Gasteiger partial charge < -0.3 is 15.3 Å². The second-order valence-electron chi connectivity index (χ2n) is 6.43. The molecule has 4 rings (SSSR count). The first-order chi connectivity index (χ1) is 13.9. The molecule has 1 heterocycles. The van der Waals surface area contributed by atoms with Crippen LogP contribution in [0.3, 0.4) is 0 Å². The largest absolute Gasteiger partial charge is 0.508 e. The lowest BCUT2D eigenvalue weighted by Crippen LogP contribution is -2.15. The number of halogens is 1. The summed E-state index contributed by atoms with van der Waals surface area (Å²) in [6.07, 6.45) is -1.44. The highest BCUT2D eigenvalue weighted by atomic mass is 19.1. The van der Waals surface area contributed by atoms with Gasteiger partial charge in [-0.05, 0) is 47.0 Å². The highest BCUT2D eigenvalue weighted by Crippen LogP contribution is 2.37. The highest BCUT2D eigenvalue weighted by Gasteiger charge is 2.27. The van der Waals surface area contributed by atoms with Crippen LogP contribution in [0.4, 0.5) is 9.18 Å². The second-order valence-corrected chi connectivity index (χ2v) is 6.43. The molecule has 0 saturated carbocycles. The first-order valence-electron chi connectivity index (χ1n) is 8.57. The van der Waals surface area contributed by atoms with Gasteiger partial charge >= 0.3 is 12.1 Å². The maximum Gasteiger partial charge on any atom is 0.416 e. The number of carbonyl (C=O) groups is 2. The van der Waals surface area contributed by atoms with Crippen molar-refractivity contribution in [3.8, 4) is 28.0 Å². The molecule has 3 aromatic carbocycles. The molecule has 0 aliphatic carbocycles. The number of benzene rings is 3. The summed E-state index contributed by atoms with van der Waals surface area (Å²) in [4.78, 5) is 23.9. The van der Waals surface area contributed by atoms with Gasteiger partial charge in [-0.2, -0.15) is 0 Å². The molecular weight excluding hydrogens is 377 g/mol. The van der Waals surface area contributed by atoms with Gasteiger partial charge in [0, 0.05) is 10.9 Å². The number of carboxylic acids is 1. The lowest BCUT2D eigenvalue weighted by molar-refractivity contribution is 0.0685. The van der Waals surface area contributed by atoms with Crippen LogP contribution in [0.25, 0.3) is 33.2 Å². The van der Waals surface area contributed by atoms with Crippen molar-refractivity contribution >= 4 is 23.0 Å². The molecule has 0 radical (unpaired) electrons. The molecule has 6 nitrogen and oxygen atoms in total. The molecule has 0 amide bonds. The van der Waals surface area contributed by atoms with Crippen LogP contribution in [0.1, 0.15) is 10.5 Å². The Morgan fingerprint density at radius 1 is 0.793 bits per heavy atom. The smallest absolute Gasteiger partial charge is 0.416 e. The van der Waals surface area contributed by atoms with E-state index in [1.54, 1.807) is 30.3 Å². The van der Waals surface area contributed by atoms with Crippen LogP contribution in [0.2, 0.25) is 0 Å². The first-order valence-corrected chi connectivity index (χ1v) is 8.57. The van der Waals surface area contributed by atoms with Gasteiger partial charge in [0.2, 0.25) is 0 Å². The van der Waals surface area contributed by atoms with Crippen LogP contribution in [0.5, 0.6) is 5.75 Å². The summed E-state index contributed by atoms with van der Waals surface area (Å²) in [5.41, 5.74) is 1.77. The summed E-state index contributed by atoms with van der Waals surface area (Å²) in [5, 5.41) is 29.4. The summed E-state index contributed by atoms with van der Waals surface area (Å²) in [6, 6.07) is 16.5. The number of phenolic OH excluding ortho intramolecular Hbond substituents is 1. The van der Waals surface area contributed by atoms with Gasteiger partial charge in [-0.25, -0.2) is 18.5 Å². The van der Waals surface area contributed by atoms with Gasteiger partial charge in [-0.3, -0.25) is 0 Å². The van der Waals surface area contributed by atoms with Gasteiger partial charge in [0.1, 0.15) is 17.3 Å².